The molecule has 0 saturated carbocycles. The molecule has 1 atom stereocenters. The van der Waals surface area contributed by atoms with Crippen LogP contribution in [0, 0.1) is 0 Å². The summed E-state index contributed by atoms with van der Waals surface area (Å²) in [5, 5.41) is 4.26. The lowest BCUT2D eigenvalue weighted by Crippen LogP contribution is -2.44. The van der Waals surface area contributed by atoms with E-state index in [0.29, 0.717) is 6.04 Å². The molecule has 0 aliphatic carbocycles. The predicted molar refractivity (Wildman–Crippen MR) is 68.1 cm³/mol. The van der Waals surface area contributed by atoms with Crippen molar-refractivity contribution >= 4 is 17.6 Å². The average molecular weight is 238 g/mol. The van der Waals surface area contributed by atoms with Crippen molar-refractivity contribution in [2.45, 2.75) is 24.0 Å². The van der Waals surface area contributed by atoms with Crippen LogP contribution in [-0.4, -0.2) is 42.4 Å². The van der Waals surface area contributed by atoms with Crippen LogP contribution in [0.25, 0.3) is 0 Å². The van der Waals surface area contributed by atoms with Gasteiger partial charge < -0.3 is 10.2 Å². The maximum absolute atomic E-state index is 4.52. The lowest BCUT2D eigenvalue weighted by Gasteiger charge is -2.32. The lowest BCUT2D eigenvalue weighted by atomic mass is 10.1. The SMILES string of the molecule is CSc1nccc(N(C)[C@@H]2CCCNC2)n1. The first-order valence-electron chi connectivity index (χ1n) is 5.62. The first-order valence-corrected chi connectivity index (χ1v) is 6.84. The highest BCUT2D eigenvalue weighted by molar-refractivity contribution is 7.98. The Hall–Kier alpha value is -0.810. The molecule has 1 aromatic heterocycles. The molecule has 1 aliphatic heterocycles. The third-order valence-electron chi connectivity index (χ3n) is 2.98. The first-order chi connectivity index (χ1) is 7.81. The minimum Gasteiger partial charge on any atom is -0.355 e. The van der Waals surface area contributed by atoms with Gasteiger partial charge in [-0.25, -0.2) is 9.97 Å². The van der Waals surface area contributed by atoms with Crippen molar-refractivity contribution in [3.63, 3.8) is 0 Å². The van der Waals surface area contributed by atoms with E-state index in [2.05, 4.69) is 27.2 Å². The summed E-state index contributed by atoms with van der Waals surface area (Å²) in [6.45, 7) is 2.19. The number of anilines is 1. The van der Waals surface area contributed by atoms with Crippen LogP contribution in [-0.2, 0) is 0 Å². The van der Waals surface area contributed by atoms with E-state index >= 15 is 0 Å². The van der Waals surface area contributed by atoms with Crippen molar-refractivity contribution in [1.82, 2.24) is 15.3 Å². The van der Waals surface area contributed by atoms with Crippen molar-refractivity contribution in [1.29, 1.82) is 0 Å². The zero-order valence-corrected chi connectivity index (χ0v) is 10.6. The van der Waals surface area contributed by atoms with Gasteiger partial charge in [-0.3, -0.25) is 0 Å². The normalized spacial score (nSPS) is 20.8. The molecule has 0 amide bonds. The molecule has 0 unspecified atom stereocenters. The number of rotatable bonds is 3. The molecule has 0 aromatic carbocycles. The molecule has 1 fully saturated rings. The van der Waals surface area contributed by atoms with Crippen molar-refractivity contribution in [3.05, 3.63) is 12.3 Å². The Bertz CT molecular complexity index is 339. The van der Waals surface area contributed by atoms with Gasteiger partial charge in [0.15, 0.2) is 5.16 Å². The van der Waals surface area contributed by atoms with Crippen LogP contribution in [0.4, 0.5) is 5.82 Å². The summed E-state index contributed by atoms with van der Waals surface area (Å²) in [6, 6.07) is 2.53. The van der Waals surface area contributed by atoms with Gasteiger partial charge in [-0.1, -0.05) is 11.8 Å². The minimum absolute atomic E-state index is 0.554. The van der Waals surface area contributed by atoms with Crippen LogP contribution in [0.15, 0.2) is 17.4 Å². The van der Waals surface area contributed by atoms with Gasteiger partial charge in [0.1, 0.15) is 5.82 Å². The van der Waals surface area contributed by atoms with Crippen molar-refractivity contribution < 1.29 is 0 Å². The Morgan fingerprint density at radius 1 is 1.56 bits per heavy atom. The van der Waals surface area contributed by atoms with Gasteiger partial charge in [0.2, 0.25) is 0 Å². The maximum atomic E-state index is 4.52. The van der Waals surface area contributed by atoms with E-state index in [1.807, 2.05) is 18.5 Å². The van der Waals surface area contributed by atoms with Crippen LogP contribution in [0.2, 0.25) is 0 Å². The topological polar surface area (TPSA) is 41.1 Å². The predicted octanol–water partition coefficient (Wildman–Crippen LogP) is 1.39. The van der Waals surface area contributed by atoms with Gasteiger partial charge in [0.25, 0.3) is 0 Å². The van der Waals surface area contributed by atoms with Crippen molar-refractivity contribution in [2.75, 3.05) is 31.3 Å². The zero-order chi connectivity index (χ0) is 11.4. The third-order valence-corrected chi connectivity index (χ3v) is 3.54. The van der Waals surface area contributed by atoms with Crippen LogP contribution in [0.1, 0.15) is 12.8 Å². The van der Waals surface area contributed by atoms with E-state index in [-0.39, 0.29) is 0 Å². The van der Waals surface area contributed by atoms with E-state index in [0.717, 1.165) is 24.1 Å². The highest BCUT2D eigenvalue weighted by Gasteiger charge is 2.18. The molecule has 88 valence electrons. The Morgan fingerprint density at radius 3 is 3.12 bits per heavy atom. The largest absolute Gasteiger partial charge is 0.355 e. The monoisotopic (exact) mass is 238 g/mol. The fourth-order valence-electron chi connectivity index (χ4n) is 1.98. The van der Waals surface area contributed by atoms with E-state index in [4.69, 9.17) is 0 Å². The second-order valence-electron chi connectivity index (χ2n) is 4.01. The van der Waals surface area contributed by atoms with Crippen LogP contribution in [0.3, 0.4) is 0 Å². The summed E-state index contributed by atoms with van der Waals surface area (Å²) < 4.78 is 0. The smallest absolute Gasteiger partial charge is 0.189 e. The summed E-state index contributed by atoms with van der Waals surface area (Å²) in [5.74, 6) is 1.02. The number of aromatic nitrogens is 2. The molecule has 1 N–H and O–H groups in total. The zero-order valence-electron chi connectivity index (χ0n) is 9.81. The number of piperidine rings is 1. The van der Waals surface area contributed by atoms with E-state index < -0.39 is 0 Å². The molecular formula is C11H18N4S. The quantitative estimate of drug-likeness (QED) is 0.636. The van der Waals surface area contributed by atoms with Gasteiger partial charge in [-0.05, 0) is 31.7 Å². The van der Waals surface area contributed by atoms with Gasteiger partial charge in [0.05, 0.1) is 0 Å². The fraction of sp³-hybridized carbons (Fsp3) is 0.636. The van der Waals surface area contributed by atoms with Crippen molar-refractivity contribution in [2.24, 2.45) is 0 Å². The summed E-state index contributed by atoms with van der Waals surface area (Å²) in [7, 11) is 2.12. The van der Waals surface area contributed by atoms with Crippen LogP contribution in [0.5, 0.6) is 0 Å². The van der Waals surface area contributed by atoms with E-state index in [1.54, 1.807) is 11.8 Å². The molecule has 1 aromatic rings. The maximum Gasteiger partial charge on any atom is 0.189 e. The highest BCUT2D eigenvalue weighted by atomic mass is 32.2. The molecule has 5 heteroatoms. The Labute approximate surface area is 101 Å². The molecule has 1 aliphatic rings. The molecular weight excluding hydrogens is 220 g/mol. The summed E-state index contributed by atoms with van der Waals surface area (Å²) >= 11 is 1.58. The van der Waals surface area contributed by atoms with Gasteiger partial charge in [-0.2, -0.15) is 0 Å². The Kier molecular flexibility index (Phi) is 4.01. The minimum atomic E-state index is 0.554. The van der Waals surface area contributed by atoms with E-state index in [9.17, 15) is 0 Å². The summed E-state index contributed by atoms with van der Waals surface area (Å²) in [5.41, 5.74) is 0. The molecule has 16 heavy (non-hydrogen) atoms. The van der Waals surface area contributed by atoms with Crippen LogP contribution < -0.4 is 10.2 Å². The first kappa shape index (κ1) is 11.7. The molecule has 0 radical (unpaired) electrons. The number of nitrogens with zero attached hydrogens (tertiary/aromatic N) is 3. The highest BCUT2D eigenvalue weighted by Crippen LogP contribution is 2.18. The fourth-order valence-corrected chi connectivity index (χ4v) is 2.33. The standard InChI is InChI=1S/C11H18N4S/c1-15(9-4-3-6-12-8-9)10-5-7-13-11(14-10)16-2/h5,7,9,12H,3-4,6,8H2,1-2H3/t9-/m1/s1. The van der Waals surface area contributed by atoms with Crippen molar-refractivity contribution in [3.8, 4) is 0 Å². The Morgan fingerprint density at radius 2 is 2.44 bits per heavy atom. The Balaban J connectivity index is 2.09. The molecule has 1 saturated heterocycles. The van der Waals surface area contributed by atoms with E-state index in [1.165, 1.54) is 12.8 Å². The molecule has 2 heterocycles. The number of thioether (sulfide) groups is 1. The van der Waals surface area contributed by atoms with Gasteiger partial charge in [0, 0.05) is 25.8 Å². The van der Waals surface area contributed by atoms with Gasteiger partial charge in [-0.15, -0.1) is 0 Å². The molecule has 0 bridgehead atoms. The lowest BCUT2D eigenvalue weighted by molar-refractivity contribution is 0.442. The molecule has 4 nitrogen and oxygen atoms in total. The van der Waals surface area contributed by atoms with Gasteiger partial charge >= 0.3 is 0 Å². The summed E-state index contributed by atoms with van der Waals surface area (Å²) in [6.07, 6.45) is 6.32. The third kappa shape index (κ3) is 2.65. The summed E-state index contributed by atoms with van der Waals surface area (Å²) in [4.78, 5) is 11.0. The number of likely N-dealkylation sites (N-methyl/N-ethyl adjacent to an activating group) is 1. The number of hydrogen-bond acceptors (Lipinski definition) is 5. The van der Waals surface area contributed by atoms with Crippen LogP contribution >= 0.6 is 11.8 Å². The molecule has 2 rings (SSSR count). The average Bonchev–Trinajstić information content (AvgIpc) is 2.39. The second-order valence-corrected chi connectivity index (χ2v) is 4.79. The number of nitrogens with one attached hydrogen (secondary N) is 1. The second kappa shape index (κ2) is 5.50. The molecule has 0 spiro atoms. The number of hydrogen-bond donors (Lipinski definition) is 1.